The molecule has 19 heavy (non-hydrogen) atoms. The fraction of sp³-hybridized carbons (Fsp3) is 0.867. The molecule has 0 aromatic rings. The molecule has 1 N–H and O–H groups in total. The maximum absolute atomic E-state index is 12.2. The summed E-state index contributed by atoms with van der Waals surface area (Å²) < 4.78 is 5.18. The van der Waals surface area contributed by atoms with Crippen LogP contribution in [0, 0.1) is 17.3 Å². The van der Waals surface area contributed by atoms with Crippen molar-refractivity contribution in [3.05, 3.63) is 0 Å². The van der Waals surface area contributed by atoms with Crippen LogP contribution in [0.15, 0.2) is 0 Å². The Morgan fingerprint density at radius 1 is 1.47 bits per heavy atom. The van der Waals surface area contributed by atoms with Crippen molar-refractivity contribution in [2.75, 3.05) is 6.61 Å². The van der Waals surface area contributed by atoms with Crippen molar-refractivity contribution in [2.45, 2.75) is 58.9 Å². The first-order valence-electron chi connectivity index (χ1n) is 7.47. The van der Waals surface area contributed by atoms with Crippen LogP contribution in [0.1, 0.15) is 52.9 Å². The highest BCUT2D eigenvalue weighted by Gasteiger charge is 2.56. The Hall–Kier alpha value is -1.06. The van der Waals surface area contributed by atoms with Gasteiger partial charge in [-0.3, -0.25) is 4.79 Å². The summed E-state index contributed by atoms with van der Waals surface area (Å²) in [7, 11) is 0. The first-order chi connectivity index (χ1) is 9.01. The highest BCUT2D eigenvalue weighted by atomic mass is 16.5. The van der Waals surface area contributed by atoms with Crippen LogP contribution in [-0.2, 0) is 14.3 Å². The number of ether oxygens (including phenoxy) is 1. The molecule has 2 fully saturated rings. The van der Waals surface area contributed by atoms with Gasteiger partial charge in [0, 0.05) is 11.8 Å². The summed E-state index contributed by atoms with van der Waals surface area (Å²) in [5.74, 6) is 0.672. The van der Waals surface area contributed by atoms with Gasteiger partial charge in [0.1, 0.15) is 6.04 Å². The van der Waals surface area contributed by atoms with E-state index in [9.17, 15) is 9.59 Å². The third kappa shape index (κ3) is 2.49. The average Bonchev–Trinajstić information content (AvgIpc) is 2.67. The monoisotopic (exact) mass is 267 g/mol. The van der Waals surface area contributed by atoms with Crippen molar-refractivity contribution in [1.29, 1.82) is 0 Å². The zero-order valence-corrected chi connectivity index (χ0v) is 12.2. The molecule has 0 aromatic heterocycles. The van der Waals surface area contributed by atoms with Crippen LogP contribution in [0.2, 0.25) is 0 Å². The lowest BCUT2D eigenvalue weighted by Crippen LogP contribution is -2.51. The van der Waals surface area contributed by atoms with Gasteiger partial charge in [0.15, 0.2) is 0 Å². The molecule has 1 aliphatic heterocycles. The Bertz CT molecular complexity index is 366. The molecule has 4 nitrogen and oxygen atoms in total. The van der Waals surface area contributed by atoms with Gasteiger partial charge in [-0.25, -0.2) is 4.79 Å². The number of carbonyl (C=O) groups excluding carboxylic acids is 2. The Balaban J connectivity index is 2.30. The topological polar surface area (TPSA) is 55.4 Å². The third-order valence-corrected chi connectivity index (χ3v) is 4.84. The molecule has 0 aromatic carbocycles. The van der Waals surface area contributed by atoms with Gasteiger partial charge in [0.2, 0.25) is 5.91 Å². The first-order valence-corrected chi connectivity index (χ1v) is 7.47. The van der Waals surface area contributed by atoms with Crippen LogP contribution >= 0.6 is 0 Å². The molecule has 3 unspecified atom stereocenters. The van der Waals surface area contributed by atoms with Gasteiger partial charge >= 0.3 is 5.97 Å². The molecule has 108 valence electrons. The molecule has 1 aliphatic carbocycles. The number of carbonyl (C=O) groups is 2. The molecule has 3 atom stereocenters. The lowest BCUT2D eigenvalue weighted by Gasteiger charge is -2.45. The number of esters is 1. The van der Waals surface area contributed by atoms with Gasteiger partial charge in [0.25, 0.3) is 0 Å². The summed E-state index contributed by atoms with van der Waals surface area (Å²) in [5, 5.41) is 2.87. The Morgan fingerprint density at radius 2 is 2.21 bits per heavy atom. The van der Waals surface area contributed by atoms with Gasteiger partial charge < -0.3 is 10.1 Å². The lowest BCUT2D eigenvalue weighted by molar-refractivity contribution is -0.151. The van der Waals surface area contributed by atoms with Crippen LogP contribution in [0.25, 0.3) is 0 Å². The second kappa shape index (κ2) is 5.51. The molecule has 1 amide bonds. The predicted octanol–water partition coefficient (Wildman–Crippen LogP) is 2.27. The minimum absolute atomic E-state index is 0.00519. The molecule has 4 heteroatoms. The van der Waals surface area contributed by atoms with Crippen molar-refractivity contribution in [2.24, 2.45) is 17.3 Å². The highest BCUT2D eigenvalue weighted by Crippen LogP contribution is 2.52. The molecule has 1 heterocycles. The fourth-order valence-corrected chi connectivity index (χ4v) is 4.14. The van der Waals surface area contributed by atoms with Crippen LogP contribution < -0.4 is 5.32 Å². The average molecular weight is 267 g/mol. The maximum Gasteiger partial charge on any atom is 0.329 e. The minimum atomic E-state index is -0.437. The Kier molecular flexibility index (Phi) is 4.16. The summed E-state index contributed by atoms with van der Waals surface area (Å²) in [5.41, 5.74) is -0.213. The molecule has 0 radical (unpaired) electrons. The largest absolute Gasteiger partial charge is 0.464 e. The first kappa shape index (κ1) is 14.4. The molecule has 1 saturated carbocycles. The summed E-state index contributed by atoms with van der Waals surface area (Å²) in [6.07, 6.45) is 4.86. The molecule has 0 bridgehead atoms. The molecular formula is C15H25NO3. The van der Waals surface area contributed by atoms with Crippen molar-refractivity contribution in [3.8, 4) is 0 Å². The van der Waals surface area contributed by atoms with Crippen LogP contribution in [-0.4, -0.2) is 24.5 Å². The Labute approximate surface area is 115 Å². The third-order valence-electron chi connectivity index (χ3n) is 4.84. The van der Waals surface area contributed by atoms with E-state index in [4.69, 9.17) is 4.74 Å². The van der Waals surface area contributed by atoms with Gasteiger partial charge in [-0.1, -0.05) is 26.7 Å². The van der Waals surface area contributed by atoms with Crippen LogP contribution in [0.3, 0.4) is 0 Å². The molecule has 2 aliphatic rings. The number of rotatable bonds is 3. The van der Waals surface area contributed by atoms with Crippen LogP contribution in [0.5, 0.6) is 0 Å². The fourth-order valence-electron chi connectivity index (χ4n) is 4.14. The summed E-state index contributed by atoms with van der Waals surface area (Å²) >= 11 is 0. The van der Waals surface area contributed by atoms with E-state index >= 15 is 0 Å². The number of hydrogen-bond donors (Lipinski definition) is 1. The molecular weight excluding hydrogens is 242 g/mol. The van der Waals surface area contributed by atoms with Crippen molar-refractivity contribution < 1.29 is 14.3 Å². The normalized spacial score (nSPS) is 34.6. The lowest BCUT2D eigenvalue weighted by atomic mass is 9.59. The summed E-state index contributed by atoms with van der Waals surface area (Å²) in [6.45, 7) is 6.57. The van der Waals surface area contributed by atoms with Crippen LogP contribution in [0.4, 0.5) is 0 Å². The maximum atomic E-state index is 12.2. The van der Waals surface area contributed by atoms with E-state index in [1.165, 1.54) is 6.42 Å². The second-order valence-corrected chi connectivity index (χ2v) is 6.26. The second-order valence-electron chi connectivity index (χ2n) is 6.26. The number of nitrogens with one attached hydrogen (secondary N) is 1. The zero-order chi connectivity index (χ0) is 14.0. The summed E-state index contributed by atoms with van der Waals surface area (Å²) in [6, 6.07) is -0.437. The standard InChI is InChI=1S/C15H25NO3/c1-4-19-14(18)13-15(9-12(17)16-13)8-6-5-7-11(15)10(2)3/h10-11,13H,4-9H2,1-3H3,(H,16,17). The molecule has 1 spiro atoms. The molecule has 2 rings (SSSR count). The Morgan fingerprint density at radius 3 is 2.84 bits per heavy atom. The SMILES string of the molecule is CCOC(=O)C1NC(=O)CC12CCCCC2C(C)C. The summed E-state index contributed by atoms with van der Waals surface area (Å²) in [4.78, 5) is 24.1. The van der Waals surface area contributed by atoms with E-state index in [2.05, 4.69) is 19.2 Å². The minimum Gasteiger partial charge on any atom is -0.464 e. The smallest absolute Gasteiger partial charge is 0.329 e. The van der Waals surface area contributed by atoms with Crippen molar-refractivity contribution >= 4 is 11.9 Å². The van der Waals surface area contributed by atoms with Crippen molar-refractivity contribution in [1.82, 2.24) is 5.32 Å². The highest BCUT2D eigenvalue weighted by molar-refractivity contribution is 5.90. The number of hydrogen-bond acceptors (Lipinski definition) is 3. The van der Waals surface area contributed by atoms with E-state index in [1.807, 2.05) is 6.92 Å². The van der Waals surface area contributed by atoms with E-state index in [1.54, 1.807) is 0 Å². The quantitative estimate of drug-likeness (QED) is 0.798. The predicted molar refractivity (Wildman–Crippen MR) is 72.4 cm³/mol. The van der Waals surface area contributed by atoms with Crippen molar-refractivity contribution in [3.63, 3.8) is 0 Å². The van der Waals surface area contributed by atoms with E-state index in [0.29, 0.717) is 24.9 Å². The van der Waals surface area contributed by atoms with Gasteiger partial charge in [-0.2, -0.15) is 0 Å². The van der Waals surface area contributed by atoms with Gasteiger partial charge in [-0.15, -0.1) is 0 Å². The molecule has 1 saturated heterocycles. The number of amides is 1. The van der Waals surface area contributed by atoms with Gasteiger partial charge in [0.05, 0.1) is 6.61 Å². The zero-order valence-electron chi connectivity index (χ0n) is 12.2. The van der Waals surface area contributed by atoms with Gasteiger partial charge in [-0.05, 0) is 31.6 Å². The van der Waals surface area contributed by atoms with E-state index < -0.39 is 6.04 Å². The van der Waals surface area contributed by atoms with E-state index in [0.717, 1.165) is 19.3 Å². The van der Waals surface area contributed by atoms with E-state index in [-0.39, 0.29) is 17.3 Å².